The number of rotatable bonds is 3. The van der Waals surface area contributed by atoms with Crippen LogP contribution in [0.2, 0.25) is 0 Å². The molecule has 0 aromatic carbocycles. The summed E-state index contributed by atoms with van der Waals surface area (Å²) in [4.78, 5) is 0. The lowest BCUT2D eigenvalue weighted by Crippen LogP contribution is -1.79. The van der Waals surface area contributed by atoms with Gasteiger partial charge in [0, 0.05) is 6.07 Å². The van der Waals surface area contributed by atoms with Gasteiger partial charge in [-0.2, -0.15) is 5.26 Å². The molecule has 0 radical (unpaired) electrons. The van der Waals surface area contributed by atoms with Crippen LogP contribution in [-0.4, -0.2) is 12.3 Å². The number of aromatic nitrogens is 1. The molecule has 0 amide bonds. The molecule has 0 saturated carbocycles. The van der Waals surface area contributed by atoms with Gasteiger partial charge in [-0.05, 0) is 16.9 Å². The standard InChI is InChI=1S/C6H6N2O2S/c1-9-6-2-5(10-8-6)3-11-4-7/h2H,3H2,1H3. The molecule has 0 bridgehead atoms. The third-order valence-electron chi connectivity index (χ3n) is 1.03. The van der Waals surface area contributed by atoms with Crippen molar-refractivity contribution in [2.45, 2.75) is 5.75 Å². The lowest BCUT2D eigenvalue weighted by atomic mass is 10.5. The van der Waals surface area contributed by atoms with Crippen molar-refractivity contribution in [2.75, 3.05) is 7.11 Å². The van der Waals surface area contributed by atoms with Gasteiger partial charge in [-0.25, -0.2) is 0 Å². The van der Waals surface area contributed by atoms with Crippen LogP contribution in [0.4, 0.5) is 0 Å². The summed E-state index contributed by atoms with van der Waals surface area (Å²) in [5, 5.41) is 13.7. The van der Waals surface area contributed by atoms with E-state index in [1.54, 1.807) is 6.07 Å². The average molecular weight is 170 g/mol. The zero-order chi connectivity index (χ0) is 8.10. The fraction of sp³-hybridized carbons (Fsp3) is 0.333. The van der Waals surface area contributed by atoms with Gasteiger partial charge in [0.2, 0.25) is 0 Å². The van der Waals surface area contributed by atoms with E-state index < -0.39 is 0 Å². The molecule has 1 aromatic heterocycles. The molecule has 0 atom stereocenters. The second kappa shape index (κ2) is 3.88. The molecule has 11 heavy (non-hydrogen) atoms. The highest BCUT2D eigenvalue weighted by molar-refractivity contribution is 8.02. The maximum Gasteiger partial charge on any atom is 0.254 e. The Labute approximate surface area is 68.1 Å². The third kappa shape index (κ3) is 2.16. The lowest BCUT2D eigenvalue weighted by molar-refractivity contribution is 0.330. The third-order valence-corrected chi connectivity index (χ3v) is 1.58. The number of methoxy groups -OCH3 is 1. The molecular formula is C6H6N2O2S. The number of ether oxygens (including phenoxy) is 1. The van der Waals surface area contributed by atoms with E-state index in [0.29, 0.717) is 17.4 Å². The number of hydrogen-bond donors (Lipinski definition) is 0. The van der Waals surface area contributed by atoms with Gasteiger partial charge in [-0.1, -0.05) is 0 Å². The Morgan fingerprint density at radius 1 is 1.91 bits per heavy atom. The minimum atomic E-state index is 0.443. The van der Waals surface area contributed by atoms with Gasteiger partial charge in [-0.3, -0.25) is 0 Å². The predicted molar refractivity (Wildman–Crippen MR) is 40.0 cm³/mol. The molecule has 0 unspecified atom stereocenters. The van der Waals surface area contributed by atoms with Gasteiger partial charge in [0.1, 0.15) is 5.40 Å². The van der Waals surface area contributed by atoms with Gasteiger partial charge >= 0.3 is 0 Å². The van der Waals surface area contributed by atoms with Crippen LogP contribution in [0.15, 0.2) is 10.6 Å². The molecule has 1 rings (SSSR count). The van der Waals surface area contributed by atoms with E-state index in [1.165, 1.54) is 7.11 Å². The van der Waals surface area contributed by atoms with Crippen LogP contribution in [0, 0.1) is 10.7 Å². The van der Waals surface area contributed by atoms with E-state index in [0.717, 1.165) is 11.8 Å². The second-order valence-electron chi connectivity index (χ2n) is 1.72. The van der Waals surface area contributed by atoms with Crippen LogP contribution in [0.3, 0.4) is 0 Å². The molecule has 0 aliphatic carbocycles. The predicted octanol–water partition coefficient (Wildman–Crippen LogP) is 1.40. The topological polar surface area (TPSA) is 59.0 Å². The summed E-state index contributed by atoms with van der Waals surface area (Å²) in [7, 11) is 1.51. The van der Waals surface area contributed by atoms with E-state index in [9.17, 15) is 0 Å². The van der Waals surface area contributed by atoms with Crippen LogP contribution >= 0.6 is 11.8 Å². The first-order valence-corrected chi connectivity index (χ1v) is 3.86. The van der Waals surface area contributed by atoms with Gasteiger partial charge in [0.05, 0.1) is 12.9 Å². The fourth-order valence-corrected chi connectivity index (χ4v) is 0.905. The van der Waals surface area contributed by atoms with Gasteiger partial charge in [0.15, 0.2) is 5.76 Å². The minimum absolute atomic E-state index is 0.443. The van der Waals surface area contributed by atoms with Crippen LogP contribution in [0.25, 0.3) is 0 Å². The maximum absolute atomic E-state index is 8.21. The first-order chi connectivity index (χ1) is 5.36. The molecule has 5 heteroatoms. The fourth-order valence-electron chi connectivity index (χ4n) is 0.562. The number of hydrogen-bond acceptors (Lipinski definition) is 5. The molecular weight excluding hydrogens is 164 g/mol. The summed E-state index contributed by atoms with van der Waals surface area (Å²) in [6.07, 6.45) is 0. The maximum atomic E-state index is 8.21. The summed E-state index contributed by atoms with van der Waals surface area (Å²) in [5.74, 6) is 1.60. The number of nitrogens with zero attached hydrogens (tertiary/aromatic N) is 2. The Hall–Kier alpha value is -1.15. The summed E-state index contributed by atoms with van der Waals surface area (Å²) in [6.45, 7) is 0. The molecule has 0 aliphatic heterocycles. The Bertz CT molecular complexity index is 266. The Morgan fingerprint density at radius 2 is 2.73 bits per heavy atom. The summed E-state index contributed by atoms with van der Waals surface area (Å²) >= 11 is 1.10. The number of thioether (sulfide) groups is 1. The molecule has 0 N–H and O–H groups in total. The van der Waals surface area contributed by atoms with Crippen LogP contribution < -0.4 is 4.74 Å². The van der Waals surface area contributed by atoms with Crippen LogP contribution in [0.1, 0.15) is 5.76 Å². The van der Waals surface area contributed by atoms with Crippen molar-refractivity contribution in [1.82, 2.24) is 5.16 Å². The van der Waals surface area contributed by atoms with E-state index in [-0.39, 0.29) is 0 Å². The second-order valence-corrected chi connectivity index (χ2v) is 2.48. The minimum Gasteiger partial charge on any atom is -0.479 e. The van der Waals surface area contributed by atoms with Crippen LogP contribution in [0.5, 0.6) is 5.88 Å². The molecule has 0 aliphatic rings. The average Bonchev–Trinajstić information content (AvgIpc) is 2.48. The molecule has 0 fully saturated rings. The van der Waals surface area contributed by atoms with Crippen LogP contribution in [-0.2, 0) is 5.75 Å². The van der Waals surface area contributed by atoms with E-state index in [4.69, 9.17) is 14.5 Å². The lowest BCUT2D eigenvalue weighted by Gasteiger charge is -1.84. The molecule has 0 spiro atoms. The zero-order valence-electron chi connectivity index (χ0n) is 5.90. The molecule has 0 saturated heterocycles. The van der Waals surface area contributed by atoms with E-state index >= 15 is 0 Å². The molecule has 4 nitrogen and oxygen atoms in total. The highest BCUT2D eigenvalue weighted by Gasteiger charge is 2.02. The summed E-state index contributed by atoms with van der Waals surface area (Å²) in [5.41, 5.74) is 0. The van der Waals surface area contributed by atoms with Gasteiger partial charge in [-0.15, -0.1) is 0 Å². The normalized spacial score (nSPS) is 9.09. The molecule has 1 heterocycles. The Kier molecular flexibility index (Phi) is 2.81. The Balaban J connectivity index is 2.53. The van der Waals surface area contributed by atoms with Crippen molar-refractivity contribution >= 4 is 11.8 Å². The smallest absolute Gasteiger partial charge is 0.254 e. The van der Waals surface area contributed by atoms with Crippen molar-refractivity contribution in [3.8, 4) is 11.3 Å². The largest absolute Gasteiger partial charge is 0.479 e. The molecule has 58 valence electrons. The highest BCUT2D eigenvalue weighted by Crippen LogP contribution is 2.15. The van der Waals surface area contributed by atoms with Crippen molar-refractivity contribution in [1.29, 1.82) is 5.26 Å². The Morgan fingerprint density at radius 3 is 3.27 bits per heavy atom. The first kappa shape index (κ1) is 7.95. The van der Waals surface area contributed by atoms with E-state index in [2.05, 4.69) is 5.16 Å². The zero-order valence-corrected chi connectivity index (χ0v) is 6.72. The number of thiocyanates is 1. The van der Waals surface area contributed by atoms with Gasteiger partial charge < -0.3 is 9.26 Å². The van der Waals surface area contributed by atoms with Crippen molar-refractivity contribution in [3.63, 3.8) is 0 Å². The number of nitriles is 1. The van der Waals surface area contributed by atoms with E-state index in [1.807, 2.05) is 5.40 Å². The van der Waals surface area contributed by atoms with Crippen molar-refractivity contribution in [3.05, 3.63) is 11.8 Å². The summed E-state index contributed by atoms with van der Waals surface area (Å²) in [6, 6.07) is 1.66. The highest BCUT2D eigenvalue weighted by atomic mass is 32.2. The van der Waals surface area contributed by atoms with Gasteiger partial charge in [0.25, 0.3) is 5.88 Å². The summed E-state index contributed by atoms with van der Waals surface area (Å²) < 4.78 is 9.59. The first-order valence-electron chi connectivity index (χ1n) is 2.87. The molecule has 1 aromatic rings. The SMILES string of the molecule is COc1cc(CSC#N)on1. The monoisotopic (exact) mass is 170 g/mol. The quantitative estimate of drug-likeness (QED) is 0.641. The van der Waals surface area contributed by atoms with Crippen molar-refractivity contribution in [2.24, 2.45) is 0 Å². The van der Waals surface area contributed by atoms with Crippen molar-refractivity contribution < 1.29 is 9.26 Å².